The van der Waals surface area contributed by atoms with Crippen molar-refractivity contribution in [2.24, 2.45) is 5.41 Å². The molecule has 2 atom stereocenters. The van der Waals surface area contributed by atoms with Crippen molar-refractivity contribution in [3.8, 4) is 5.75 Å². The molecule has 7 heteroatoms. The molecule has 28 heavy (non-hydrogen) atoms. The zero-order chi connectivity index (χ0) is 19.3. The van der Waals surface area contributed by atoms with Gasteiger partial charge in [0.1, 0.15) is 23.4 Å². The Hall–Kier alpha value is -2.12. The summed E-state index contributed by atoms with van der Waals surface area (Å²) in [6.45, 7) is 0. The molecular formula is C21H26BN3O3. The molecule has 3 heterocycles. The van der Waals surface area contributed by atoms with Gasteiger partial charge in [0.2, 0.25) is 0 Å². The van der Waals surface area contributed by atoms with E-state index in [1.807, 2.05) is 12.1 Å². The minimum atomic E-state index is -1.23. The lowest BCUT2D eigenvalue weighted by Gasteiger charge is -2.48. The molecule has 3 aliphatic rings. The van der Waals surface area contributed by atoms with Gasteiger partial charge in [0.25, 0.3) is 0 Å². The maximum absolute atomic E-state index is 9.62. The van der Waals surface area contributed by atoms with Crippen LogP contribution in [0.3, 0.4) is 0 Å². The van der Waals surface area contributed by atoms with E-state index < -0.39 is 7.12 Å². The second-order valence-corrected chi connectivity index (χ2v) is 8.47. The smallest absolute Gasteiger partial charge is 0.452 e. The maximum atomic E-state index is 9.62. The number of hydrogen-bond acceptors (Lipinski definition) is 6. The number of rotatable bonds is 5. The Morgan fingerprint density at radius 1 is 1.25 bits per heavy atom. The van der Waals surface area contributed by atoms with Crippen molar-refractivity contribution in [1.29, 1.82) is 0 Å². The van der Waals surface area contributed by atoms with Crippen LogP contribution < -0.4 is 9.64 Å². The minimum absolute atomic E-state index is 0.00193. The van der Waals surface area contributed by atoms with E-state index in [4.69, 9.17) is 4.74 Å². The largest absolute Gasteiger partial charge is 0.494 e. The number of aromatic nitrogens is 2. The van der Waals surface area contributed by atoms with Crippen molar-refractivity contribution < 1.29 is 14.8 Å². The highest BCUT2D eigenvalue weighted by molar-refractivity contribution is 6.41. The number of benzene rings is 1. The number of para-hydroxylation sites is 1. The monoisotopic (exact) mass is 379 g/mol. The fraction of sp³-hybridized carbons (Fsp3) is 0.524. The van der Waals surface area contributed by atoms with Gasteiger partial charge in [0.05, 0.1) is 7.11 Å². The Morgan fingerprint density at radius 3 is 2.79 bits per heavy atom. The van der Waals surface area contributed by atoms with Gasteiger partial charge in [-0.25, -0.2) is 9.97 Å². The summed E-state index contributed by atoms with van der Waals surface area (Å²) in [5.74, 6) is 1.75. The van der Waals surface area contributed by atoms with E-state index in [1.54, 1.807) is 13.4 Å². The third-order valence-corrected chi connectivity index (χ3v) is 7.03. The number of fused-ring (bicyclic) bond motifs is 3. The van der Waals surface area contributed by atoms with Crippen LogP contribution in [-0.2, 0) is 0 Å². The van der Waals surface area contributed by atoms with E-state index in [-0.39, 0.29) is 5.41 Å². The Kier molecular flexibility index (Phi) is 4.32. The molecule has 1 saturated carbocycles. The zero-order valence-electron chi connectivity index (χ0n) is 16.2. The summed E-state index contributed by atoms with van der Waals surface area (Å²) < 4.78 is 5.49. The topological polar surface area (TPSA) is 78.7 Å². The first-order valence-corrected chi connectivity index (χ1v) is 10.2. The van der Waals surface area contributed by atoms with Crippen LogP contribution in [-0.4, -0.2) is 46.3 Å². The first-order chi connectivity index (χ1) is 13.6. The van der Waals surface area contributed by atoms with Crippen molar-refractivity contribution in [2.45, 2.75) is 56.9 Å². The van der Waals surface area contributed by atoms with Crippen LogP contribution in [0.4, 0.5) is 5.82 Å². The van der Waals surface area contributed by atoms with Crippen LogP contribution in [0.5, 0.6) is 5.75 Å². The van der Waals surface area contributed by atoms with Crippen LogP contribution in [0.15, 0.2) is 36.2 Å². The molecule has 146 valence electrons. The highest BCUT2D eigenvalue weighted by Gasteiger charge is 2.48. The summed E-state index contributed by atoms with van der Waals surface area (Å²) in [5, 5.41) is 20.3. The van der Waals surface area contributed by atoms with E-state index in [2.05, 4.69) is 27.0 Å². The lowest BCUT2D eigenvalue weighted by atomic mass is 9.53. The van der Waals surface area contributed by atoms with E-state index in [0.29, 0.717) is 18.4 Å². The number of nitrogens with zero attached hydrogens (tertiary/aromatic N) is 3. The summed E-state index contributed by atoms with van der Waals surface area (Å²) in [6, 6.07) is 6.71. The van der Waals surface area contributed by atoms with E-state index >= 15 is 0 Å². The van der Waals surface area contributed by atoms with Crippen molar-refractivity contribution in [3.63, 3.8) is 0 Å². The average Bonchev–Trinajstić information content (AvgIpc) is 2.92. The highest BCUT2D eigenvalue weighted by atomic mass is 16.5. The van der Waals surface area contributed by atoms with Crippen LogP contribution >= 0.6 is 0 Å². The summed E-state index contributed by atoms with van der Waals surface area (Å²) in [5.41, 5.74) is 2.28. The number of anilines is 1. The van der Waals surface area contributed by atoms with E-state index in [1.165, 1.54) is 12.0 Å². The van der Waals surface area contributed by atoms with Gasteiger partial charge in [-0.1, -0.05) is 24.1 Å². The molecule has 2 aromatic rings. The van der Waals surface area contributed by atoms with Gasteiger partial charge < -0.3 is 19.7 Å². The second-order valence-electron chi connectivity index (χ2n) is 8.47. The summed E-state index contributed by atoms with van der Waals surface area (Å²) in [7, 11) is 0.444. The quantitative estimate of drug-likeness (QED) is 0.614. The molecule has 1 aromatic heterocycles. The second kappa shape index (κ2) is 6.74. The maximum Gasteiger partial charge on any atom is 0.452 e. The van der Waals surface area contributed by atoms with Crippen molar-refractivity contribution in [3.05, 3.63) is 36.2 Å². The SMILES string of the molecule is COc1cccc2c(N3C4C=C(C5(CB(O)O)CCC5)CC3CC4)ncnc12. The standard InChI is InChI=1S/C21H26BN3O3/c1-28-18-5-2-4-17-19(18)23-13-24-20(17)25-15-6-7-16(25)11-14(10-15)21(8-3-9-21)12-22(26)27/h2,4-5,10,13,15-16,26-27H,3,6-9,11-12H2,1H3. The summed E-state index contributed by atoms with van der Waals surface area (Å²) >= 11 is 0. The third kappa shape index (κ3) is 2.71. The van der Waals surface area contributed by atoms with Crippen molar-refractivity contribution >= 4 is 23.8 Å². The number of methoxy groups -OCH3 is 1. The van der Waals surface area contributed by atoms with Gasteiger partial charge in [-0.15, -0.1) is 0 Å². The average molecular weight is 379 g/mol. The van der Waals surface area contributed by atoms with Gasteiger partial charge in [0.15, 0.2) is 0 Å². The molecule has 0 radical (unpaired) electrons. The molecule has 5 rings (SSSR count). The molecule has 1 saturated heterocycles. The van der Waals surface area contributed by atoms with Gasteiger partial charge in [-0.05, 0) is 56.0 Å². The summed E-state index contributed by atoms with van der Waals surface area (Å²) in [4.78, 5) is 11.6. The van der Waals surface area contributed by atoms with Gasteiger partial charge in [0, 0.05) is 17.5 Å². The Morgan fingerprint density at radius 2 is 2.11 bits per heavy atom. The molecule has 2 unspecified atom stereocenters. The third-order valence-electron chi connectivity index (χ3n) is 7.03. The highest BCUT2D eigenvalue weighted by Crippen LogP contribution is 2.55. The fourth-order valence-electron chi connectivity index (χ4n) is 5.58. The van der Waals surface area contributed by atoms with Gasteiger partial charge >= 0.3 is 7.12 Å². The molecule has 1 aliphatic carbocycles. The van der Waals surface area contributed by atoms with Crippen molar-refractivity contribution in [1.82, 2.24) is 9.97 Å². The van der Waals surface area contributed by atoms with E-state index in [9.17, 15) is 10.0 Å². The zero-order valence-corrected chi connectivity index (χ0v) is 16.2. The lowest BCUT2D eigenvalue weighted by Crippen LogP contribution is -2.45. The Balaban J connectivity index is 1.53. The Bertz CT molecular complexity index is 928. The summed E-state index contributed by atoms with van der Waals surface area (Å²) in [6.07, 6.45) is 11.1. The van der Waals surface area contributed by atoms with Gasteiger partial charge in [-0.2, -0.15) is 0 Å². The van der Waals surface area contributed by atoms with Gasteiger partial charge in [-0.3, -0.25) is 0 Å². The van der Waals surface area contributed by atoms with E-state index in [0.717, 1.165) is 54.6 Å². The lowest BCUT2D eigenvalue weighted by molar-refractivity contribution is 0.187. The molecule has 1 aromatic carbocycles. The first kappa shape index (κ1) is 17.9. The minimum Gasteiger partial charge on any atom is -0.494 e. The van der Waals surface area contributed by atoms with Crippen LogP contribution in [0, 0.1) is 5.41 Å². The number of hydrogen-bond donors (Lipinski definition) is 2. The van der Waals surface area contributed by atoms with Crippen LogP contribution in [0.2, 0.25) is 6.32 Å². The number of ether oxygens (including phenoxy) is 1. The molecule has 0 amide bonds. The molecular weight excluding hydrogens is 353 g/mol. The molecule has 2 bridgehead atoms. The molecule has 2 aliphatic heterocycles. The first-order valence-electron chi connectivity index (χ1n) is 10.2. The Labute approximate surface area is 165 Å². The van der Waals surface area contributed by atoms with Crippen LogP contribution in [0.25, 0.3) is 10.9 Å². The molecule has 6 nitrogen and oxygen atoms in total. The predicted molar refractivity (Wildman–Crippen MR) is 109 cm³/mol. The molecule has 2 N–H and O–H groups in total. The molecule has 0 spiro atoms. The van der Waals surface area contributed by atoms with Crippen molar-refractivity contribution in [2.75, 3.05) is 12.0 Å². The molecule has 2 fully saturated rings. The normalized spacial score (nSPS) is 25.4. The fourth-order valence-corrected chi connectivity index (χ4v) is 5.58. The predicted octanol–water partition coefficient (Wildman–Crippen LogP) is 2.95. The van der Waals surface area contributed by atoms with Crippen LogP contribution in [0.1, 0.15) is 38.5 Å².